The molecule has 2 rings (SSSR count). The Morgan fingerprint density at radius 2 is 1.94 bits per heavy atom. The van der Waals surface area contributed by atoms with E-state index in [4.69, 9.17) is 0 Å². The molecule has 1 amide bonds. The highest BCUT2D eigenvalue weighted by Crippen LogP contribution is 2.26. The molecule has 0 radical (unpaired) electrons. The van der Waals surface area contributed by atoms with Crippen molar-refractivity contribution in [2.45, 2.75) is 57.9 Å². The second-order valence-electron chi connectivity index (χ2n) is 6.17. The molecule has 2 unspecified atom stereocenters. The topological polar surface area (TPSA) is 32.3 Å². The molecule has 0 aromatic rings. The Kier molecular flexibility index (Phi) is 5.04. The number of hydrogen-bond donors (Lipinski definition) is 1. The maximum Gasteiger partial charge on any atom is 0.239 e. The zero-order chi connectivity index (χ0) is 13.0. The lowest BCUT2D eigenvalue weighted by Crippen LogP contribution is -2.50. The van der Waals surface area contributed by atoms with Crippen LogP contribution in [0.2, 0.25) is 0 Å². The molecule has 0 aromatic heterocycles. The Hall–Kier alpha value is -0.570. The minimum absolute atomic E-state index is 0.0788. The van der Waals surface area contributed by atoms with Crippen molar-refractivity contribution >= 4 is 5.91 Å². The van der Waals surface area contributed by atoms with Gasteiger partial charge in [-0.05, 0) is 44.1 Å². The van der Waals surface area contributed by atoms with Crippen molar-refractivity contribution in [3.63, 3.8) is 0 Å². The van der Waals surface area contributed by atoms with E-state index >= 15 is 0 Å². The van der Waals surface area contributed by atoms with Gasteiger partial charge in [0, 0.05) is 13.6 Å². The zero-order valence-corrected chi connectivity index (χ0v) is 12.0. The third-order valence-electron chi connectivity index (χ3n) is 4.77. The lowest BCUT2D eigenvalue weighted by atomic mass is 9.90. The molecule has 1 saturated heterocycles. The Morgan fingerprint density at radius 1 is 1.22 bits per heavy atom. The van der Waals surface area contributed by atoms with E-state index in [1.807, 2.05) is 11.9 Å². The number of carbonyl (C=O) groups is 1. The molecule has 0 spiro atoms. The van der Waals surface area contributed by atoms with Gasteiger partial charge in [-0.3, -0.25) is 4.79 Å². The fourth-order valence-electron chi connectivity index (χ4n) is 3.49. The van der Waals surface area contributed by atoms with Crippen LogP contribution in [0.5, 0.6) is 0 Å². The molecule has 1 aliphatic heterocycles. The summed E-state index contributed by atoms with van der Waals surface area (Å²) in [5, 5.41) is 3.40. The summed E-state index contributed by atoms with van der Waals surface area (Å²) in [6.07, 6.45) is 8.80. The van der Waals surface area contributed by atoms with E-state index < -0.39 is 0 Å². The maximum absolute atomic E-state index is 12.4. The predicted octanol–water partition coefficient (Wildman–Crippen LogP) is 2.41. The number of nitrogens with one attached hydrogen (secondary N) is 1. The van der Waals surface area contributed by atoms with Gasteiger partial charge in [0.25, 0.3) is 0 Å². The predicted molar refractivity (Wildman–Crippen MR) is 74.4 cm³/mol. The van der Waals surface area contributed by atoms with E-state index in [9.17, 15) is 4.79 Å². The van der Waals surface area contributed by atoms with Gasteiger partial charge in [0.15, 0.2) is 0 Å². The second-order valence-corrected chi connectivity index (χ2v) is 6.17. The van der Waals surface area contributed by atoms with E-state index in [0.29, 0.717) is 5.91 Å². The van der Waals surface area contributed by atoms with E-state index in [1.165, 1.54) is 38.5 Å². The van der Waals surface area contributed by atoms with Crippen molar-refractivity contribution in [1.29, 1.82) is 0 Å². The summed E-state index contributed by atoms with van der Waals surface area (Å²) in [4.78, 5) is 14.4. The first kappa shape index (κ1) is 13.9. The van der Waals surface area contributed by atoms with E-state index in [2.05, 4.69) is 12.2 Å². The van der Waals surface area contributed by atoms with Crippen LogP contribution in [0.4, 0.5) is 0 Å². The second kappa shape index (κ2) is 6.55. The highest BCUT2D eigenvalue weighted by molar-refractivity contribution is 5.81. The molecule has 1 aliphatic carbocycles. The molecule has 3 nitrogen and oxygen atoms in total. The monoisotopic (exact) mass is 252 g/mol. The molecule has 3 heteroatoms. The Bertz CT molecular complexity index is 274. The Morgan fingerprint density at radius 3 is 2.61 bits per heavy atom. The van der Waals surface area contributed by atoms with Gasteiger partial charge >= 0.3 is 0 Å². The first-order valence-corrected chi connectivity index (χ1v) is 7.69. The van der Waals surface area contributed by atoms with Crippen molar-refractivity contribution in [1.82, 2.24) is 10.2 Å². The van der Waals surface area contributed by atoms with Crippen LogP contribution in [0.3, 0.4) is 0 Å². The summed E-state index contributed by atoms with van der Waals surface area (Å²) < 4.78 is 0. The molecule has 0 bridgehead atoms. The van der Waals surface area contributed by atoms with Crippen molar-refractivity contribution < 1.29 is 4.79 Å². The summed E-state index contributed by atoms with van der Waals surface area (Å²) in [5.74, 6) is 1.81. The molecule has 104 valence electrons. The van der Waals surface area contributed by atoms with Crippen LogP contribution in [0.1, 0.15) is 51.9 Å². The third kappa shape index (κ3) is 3.47. The van der Waals surface area contributed by atoms with Crippen molar-refractivity contribution in [2.24, 2.45) is 11.8 Å². The number of amides is 1. The van der Waals surface area contributed by atoms with Gasteiger partial charge in [-0.2, -0.15) is 0 Å². The van der Waals surface area contributed by atoms with Gasteiger partial charge in [0.05, 0.1) is 6.04 Å². The summed E-state index contributed by atoms with van der Waals surface area (Å²) in [6, 6.07) is 0.0788. The van der Waals surface area contributed by atoms with E-state index in [0.717, 1.165) is 31.3 Å². The zero-order valence-electron chi connectivity index (χ0n) is 12.0. The van der Waals surface area contributed by atoms with Crippen LogP contribution in [-0.4, -0.2) is 37.0 Å². The van der Waals surface area contributed by atoms with Crippen LogP contribution in [0.15, 0.2) is 0 Å². The van der Waals surface area contributed by atoms with Crippen molar-refractivity contribution in [3.05, 3.63) is 0 Å². The molecule has 2 aliphatic rings. The molecular formula is C15H28N2O. The molecule has 1 saturated carbocycles. The highest BCUT2D eigenvalue weighted by Gasteiger charge is 2.29. The summed E-state index contributed by atoms with van der Waals surface area (Å²) in [7, 11) is 1.98. The fraction of sp³-hybridized carbons (Fsp3) is 0.933. The molecular weight excluding hydrogens is 224 g/mol. The van der Waals surface area contributed by atoms with E-state index in [-0.39, 0.29) is 6.04 Å². The Balaban J connectivity index is 1.81. The number of piperidine rings is 1. The van der Waals surface area contributed by atoms with Crippen LogP contribution < -0.4 is 5.32 Å². The molecule has 1 N–H and O–H groups in total. The van der Waals surface area contributed by atoms with Crippen LogP contribution in [0.25, 0.3) is 0 Å². The fourth-order valence-corrected chi connectivity index (χ4v) is 3.49. The molecule has 18 heavy (non-hydrogen) atoms. The summed E-state index contributed by atoms with van der Waals surface area (Å²) >= 11 is 0. The smallest absolute Gasteiger partial charge is 0.239 e. The summed E-state index contributed by atoms with van der Waals surface area (Å²) in [5.41, 5.74) is 0. The molecule has 0 aromatic carbocycles. The molecule has 2 fully saturated rings. The van der Waals surface area contributed by atoms with Crippen molar-refractivity contribution in [3.8, 4) is 0 Å². The van der Waals surface area contributed by atoms with Crippen LogP contribution in [-0.2, 0) is 4.79 Å². The lowest BCUT2D eigenvalue weighted by molar-refractivity contribution is -0.133. The minimum Gasteiger partial charge on any atom is -0.344 e. The number of rotatable bonds is 4. The quantitative estimate of drug-likeness (QED) is 0.833. The minimum atomic E-state index is 0.0788. The average Bonchev–Trinajstić information content (AvgIpc) is 2.90. The standard InChI is InChI=1S/C15H28N2O/c1-3-12-8-9-16-14(10-12)15(18)17(2)11-13-6-4-5-7-13/h12-14,16H,3-11H2,1-2H3. The lowest BCUT2D eigenvalue weighted by Gasteiger charge is -2.32. The first-order chi connectivity index (χ1) is 8.70. The van der Waals surface area contributed by atoms with Gasteiger partial charge < -0.3 is 10.2 Å². The van der Waals surface area contributed by atoms with Gasteiger partial charge in [-0.15, -0.1) is 0 Å². The van der Waals surface area contributed by atoms with Crippen molar-refractivity contribution in [2.75, 3.05) is 20.1 Å². The number of hydrogen-bond acceptors (Lipinski definition) is 2. The normalized spacial score (nSPS) is 29.4. The van der Waals surface area contributed by atoms with Crippen LogP contribution >= 0.6 is 0 Å². The van der Waals surface area contributed by atoms with Gasteiger partial charge in [-0.25, -0.2) is 0 Å². The number of nitrogens with zero attached hydrogens (tertiary/aromatic N) is 1. The van der Waals surface area contributed by atoms with Gasteiger partial charge in [-0.1, -0.05) is 26.2 Å². The summed E-state index contributed by atoms with van der Waals surface area (Å²) in [6.45, 7) is 4.21. The molecule has 2 atom stereocenters. The average molecular weight is 252 g/mol. The SMILES string of the molecule is CCC1CCNC(C(=O)N(C)CC2CCCC2)C1. The van der Waals surface area contributed by atoms with Gasteiger partial charge in [0.2, 0.25) is 5.91 Å². The third-order valence-corrected chi connectivity index (χ3v) is 4.77. The highest BCUT2D eigenvalue weighted by atomic mass is 16.2. The largest absolute Gasteiger partial charge is 0.344 e. The van der Waals surface area contributed by atoms with Crippen LogP contribution in [0, 0.1) is 11.8 Å². The van der Waals surface area contributed by atoms with Gasteiger partial charge in [0.1, 0.15) is 0 Å². The first-order valence-electron chi connectivity index (χ1n) is 7.69. The number of carbonyl (C=O) groups excluding carboxylic acids is 1. The Labute approximate surface area is 111 Å². The maximum atomic E-state index is 12.4. The molecule has 1 heterocycles. The number of likely N-dealkylation sites (N-methyl/N-ethyl adjacent to an activating group) is 1. The van der Waals surface area contributed by atoms with E-state index in [1.54, 1.807) is 0 Å².